The van der Waals surface area contributed by atoms with Gasteiger partial charge in [0.25, 0.3) is 5.91 Å². The highest BCUT2D eigenvalue weighted by Crippen LogP contribution is 2.07. The van der Waals surface area contributed by atoms with E-state index in [-0.39, 0.29) is 24.3 Å². The minimum atomic E-state index is -1.11. The minimum absolute atomic E-state index is 0.0496. The number of hydrogen-bond donors (Lipinski definition) is 3. The summed E-state index contributed by atoms with van der Waals surface area (Å²) in [5.41, 5.74) is 0.945. The number of rotatable bonds is 14. The molecule has 3 amide bonds. The van der Waals surface area contributed by atoms with Crippen molar-refractivity contribution in [1.82, 2.24) is 16.0 Å². The highest BCUT2D eigenvalue weighted by molar-refractivity contribution is 5.97. The summed E-state index contributed by atoms with van der Waals surface area (Å²) in [6.45, 7) is 3.37. The molecule has 11 heteroatoms. The molecule has 36 heavy (non-hydrogen) atoms. The molecule has 0 saturated carbocycles. The molecule has 0 spiro atoms. The molecule has 2 atom stereocenters. The molecule has 0 aromatic heterocycles. The average Bonchev–Trinajstić information content (AvgIpc) is 2.87. The molecule has 1 aromatic carbocycles. The van der Waals surface area contributed by atoms with E-state index in [1.807, 2.05) is 13.8 Å². The van der Waals surface area contributed by atoms with Crippen molar-refractivity contribution in [3.8, 4) is 0 Å². The van der Waals surface area contributed by atoms with E-state index in [0.29, 0.717) is 18.3 Å². The van der Waals surface area contributed by atoms with Crippen LogP contribution in [0.4, 0.5) is 0 Å². The molecular weight excluding hydrogens is 470 g/mol. The van der Waals surface area contributed by atoms with Gasteiger partial charge in [0, 0.05) is 18.1 Å². The quantitative estimate of drug-likeness (QED) is 0.191. The summed E-state index contributed by atoms with van der Waals surface area (Å²) >= 11 is 0. The Kier molecular flexibility index (Phi) is 13.2. The molecule has 0 aliphatic carbocycles. The topological polar surface area (TPSA) is 157 Å². The van der Waals surface area contributed by atoms with Crippen molar-refractivity contribution in [3.05, 3.63) is 41.5 Å². The molecule has 0 aliphatic rings. The van der Waals surface area contributed by atoms with Gasteiger partial charge in [0.1, 0.15) is 12.3 Å². The Hall–Kier alpha value is -4.02. The van der Waals surface area contributed by atoms with Crippen molar-refractivity contribution >= 4 is 42.0 Å². The van der Waals surface area contributed by atoms with Gasteiger partial charge in [-0.25, -0.2) is 4.79 Å². The lowest BCUT2D eigenvalue weighted by atomic mass is 10.0. The van der Waals surface area contributed by atoms with Crippen LogP contribution >= 0.6 is 0 Å². The normalized spacial score (nSPS) is 12.4. The van der Waals surface area contributed by atoms with Gasteiger partial charge in [0.15, 0.2) is 0 Å². The fourth-order valence-corrected chi connectivity index (χ4v) is 3.06. The van der Waals surface area contributed by atoms with Crippen molar-refractivity contribution in [2.75, 3.05) is 20.8 Å². The first-order chi connectivity index (χ1) is 17.1. The van der Waals surface area contributed by atoms with E-state index in [2.05, 4.69) is 25.4 Å². The number of benzene rings is 1. The lowest BCUT2D eigenvalue weighted by Crippen LogP contribution is -2.52. The zero-order valence-electron chi connectivity index (χ0n) is 20.9. The fraction of sp³-hybridized carbons (Fsp3) is 0.440. The summed E-state index contributed by atoms with van der Waals surface area (Å²) < 4.78 is 9.10. The fourth-order valence-electron chi connectivity index (χ4n) is 3.06. The molecule has 0 bridgehead atoms. The van der Waals surface area contributed by atoms with Gasteiger partial charge < -0.3 is 30.2 Å². The van der Waals surface area contributed by atoms with Crippen LogP contribution in [0.2, 0.25) is 0 Å². The number of ether oxygens (including phenoxy) is 2. The van der Waals surface area contributed by atoms with Gasteiger partial charge in [-0.05, 0) is 42.5 Å². The number of amides is 3. The van der Waals surface area contributed by atoms with Crippen molar-refractivity contribution in [2.24, 2.45) is 5.92 Å². The highest BCUT2D eigenvalue weighted by Gasteiger charge is 2.25. The van der Waals surface area contributed by atoms with E-state index in [9.17, 15) is 28.8 Å². The minimum Gasteiger partial charge on any atom is -0.469 e. The summed E-state index contributed by atoms with van der Waals surface area (Å²) in [6.07, 6.45) is 3.62. The van der Waals surface area contributed by atoms with E-state index < -0.39 is 48.3 Å². The maximum atomic E-state index is 12.7. The van der Waals surface area contributed by atoms with Gasteiger partial charge in [0.05, 0.1) is 26.8 Å². The largest absolute Gasteiger partial charge is 0.469 e. The third-order valence-electron chi connectivity index (χ3n) is 4.93. The molecule has 196 valence electrons. The Morgan fingerprint density at radius 1 is 0.972 bits per heavy atom. The number of nitrogens with one attached hydrogen (secondary N) is 3. The summed E-state index contributed by atoms with van der Waals surface area (Å²) in [6, 6.07) is 4.42. The summed E-state index contributed by atoms with van der Waals surface area (Å²) in [4.78, 5) is 71.5. The van der Waals surface area contributed by atoms with Crippen LogP contribution in [0.3, 0.4) is 0 Å². The van der Waals surface area contributed by atoms with Crippen LogP contribution in [0.15, 0.2) is 30.3 Å². The van der Waals surface area contributed by atoms with Gasteiger partial charge >= 0.3 is 11.9 Å². The maximum absolute atomic E-state index is 12.7. The molecule has 1 rings (SSSR count). The number of aldehydes is 1. The van der Waals surface area contributed by atoms with Crippen molar-refractivity contribution < 1.29 is 38.2 Å². The van der Waals surface area contributed by atoms with Crippen LogP contribution in [-0.4, -0.2) is 68.8 Å². The smallest absolute Gasteiger partial charge is 0.330 e. The lowest BCUT2D eigenvalue weighted by molar-refractivity contribution is -0.141. The lowest BCUT2D eigenvalue weighted by Gasteiger charge is -2.21. The molecule has 0 heterocycles. The maximum Gasteiger partial charge on any atom is 0.330 e. The number of esters is 2. The third kappa shape index (κ3) is 11.4. The van der Waals surface area contributed by atoms with Crippen LogP contribution in [0.25, 0.3) is 6.08 Å². The van der Waals surface area contributed by atoms with Gasteiger partial charge in [-0.15, -0.1) is 0 Å². The van der Waals surface area contributed by atoms with E-state index in [1.165, 1.54) is 38.5 Å². The van der Waals surface area contributed by atoms with Gasteiger partial charge in [0.2, 0.25) is 11.8 Å². The van der Waals surface area contributed by atoms with Crippen LogP contribution in [-0.2, 0) is 33.4 Å². The molecular formula is C25H33N3O8. The zero-order chi connectivity index (χ0) is 27.1. The Morgan fingerprint density at radius 2 is 1.64 bits per heavy atom. The van der Waals surface area contributed by atoms with Crippen LogP contribution < -0.4 is 16.0 Å². The van der Waals surface area contributed by atoms with Gasteiger partial charge in [-0.2, -0.15) is 0 Å². The SMILES string of the molecule is COC(=O)C=Cc1ccc(C(=O)NCC(=O)N[C@@H](CCC(=O)OC)C(=O)N[C@H](C=O)CC(C)C)cc1. The average molecular weight is 504 g/mol. The molecule has 1 aromatic rings. The number of carbonyl (C=O) groups excluding carboxylic acids is 6. The first kappa shape index (κ1) is 30.0. The standard InChI is InChI=1S/C25H33N3O8/c1-16(2)13-19(15-29)27-25(34)20(10-12-23(32)36-4)28-21(30)14-26-24(33)18-8-5-17(6-9-18)7-11-22(31)35-3/h5-9,11,15-16,19-20H,10,12-14H2,1-4H3,(H,26,33)(H,27,34)(H,28,30)/t19-,20-/m0/s1. The molecule has 0 fully saturated rings. The number of hydrogen-bond acceptors (Lipinski definition) is 8. The zero-order valence-corrected chi connectivity index (χ0v) is 20.9. The second kappa shape index (κ2) is 15.8. The Morgan fingerprint density at radius 3 is 2.19 bits per heavy atom. The second-order valence-corrected chi connectivity index (χ2v) is 8.28. The Bertz CT molecular complexity index is 957. The van der Waals surface area contributed by atoms with E-state index in [0.717, 1.165) is 0 Å². The second-order valence-electron chi connectivity index (χ2n) is 8.28. The summed E-state index contributed by atoms with van der Waals surface area (Å²) in [5, 5.41) is 7.51. The van der Waals surface area contributed by atoms with Crippen molar-refractivity contribution in [3.63, 3.8) is 0 Å². The van der Waals surface area contributed by atoms with E-state index in [1.54, 1.807) is 12.1 Å². The van der Waals surface area contributed by atoms with Crippen LogP contribution in [0.1, 0.15) is 49.0 Å². The van der Waals surface area contributed by atoms with Crippen LogP contribution in [0.5, 0.6) is 0 Å². The van der Waals surface area contributed by atoms with Gasteiger partial charge in [-0.1, -0.05) is 26.0 Å². The van der Waals surface area contributed by atoms with E-state index in [4.69, 9.17) is 0 Å². The number of methoxy groups -OCH3 is 2. The molecule has 0 aliphatic heterocycles. The Labute approximate surface area is 210 Å². The Balaban J connectivity index is 2.73. The predicted octanol–water partition coefficient (Wildman–Crippen LogP) is 0.770. The molecule has 0 saturated heterocycles. The molecule has 0 radical (unpaired) electrons. The van der Waals surface area contributed by atoms with Gasteiger partial charge in [-0.3, -0.25) is 19.2 Å². The van der Waals surface area contributed by atoms with E-state index >= 15 is 0 Å². The summed E-state index contributed by atoms with van der Waals surface area (Å²) in [7, 11) is 2.47. The number of carbonyl (C=O) groups is 6. The first-order valence-electron chi connectivity index (χ1n) is 11.4. The van der Waals surface area contributed by atoms with Crippen LogP contribution in [0, 0.1) is 5.92 Å². The molecule has 0 unspecified atom stereocenters. The third-order valence-corrected chi connectivity index (χ3v) is 4.93. The van der Waals surface area contributed by atoms with Crippen molar-refractivity contribution in [1.29, 1.82) is 0 Å². The predicted molar refractivity (Wildman–Crippen MR) is 130 cm³/mol. The summed E-state index contributed by atoms with van der Waals surface area (Å²) in [5.74, 6) is -2.72. The van der Waals surface area contributed by atoms with Crippen molar-refractivity contribution in [2.45, 2.75) is 45.2 Å². The highest BCUT2D eigenvalue weighted by atomic mass is 16.5. The monoisotopic (exact) mass is 503 g/mol. The first-order valence-corrected chi connectivity index (χ1v) is 11.4. The molecule has 11 nitrogen and oxygen atoms in total. The molecule has 3 N–H and O–H groups in total.